The summed E-state index contributed by atoms with van der Waals surface area (Å²) in [5.74, 6) is -0.710. The summed E-state index contributed by atoms with van der Waals surface area (Å²) in [5.41, 5.74) is 1.22. The van der Waals surface area contributed by atoms with Crippen molar-refractivity contribution in [2.45, 2.75) is 6.36 Å². The SMILES string of the molecule is CN(C(=O)c1cc2ccc(=O)n(-c3ccc(OC(F)(F)F)cc3)c2[nH]1)c1ccccc1. The fraction of sp³-hybridized carbons (Fsp3) is 0.0909. The third-order valence-electron chi connectivity index (χ3n) is 4.68. The van der Waals surface area contributed by atoms with Gasteiger partial charge < -0.3 is 14.6 Å². The molecule has 9 heteroatoms. The number of carbonyl (C=O) groups excluding carboxylic acids is 1. The molecular weight excluding hydrogens is 411 g/mol. The van der Waals surface area contributed by atoms with Gasteiger partial charge in [-0.2, -0.15) is 0 Å². The Kier molecular flexibility index (Phi) is 5.02. The first-order chi connectivity index (χ1) is 14.7. The molecular formula is C22H16F3N3O3. The van der Waals surface area contributed by atoms with Gasteiger partial charge in [0.1, 0.15) is 17.1 Å². The number of para-hydroxylation sites is 1. The molecule has 0 unspecified atom stereocenters. The minimum atomic E-state index is -4.81. The average Bonchev–Trinajstić information content (AvgIpc) is 3.17. The molecule has 0 aliphatic rings. The Morgan fingerprint density at radius 1 is 1.00 bits per heavy atom. The van der Waals surface area contributed by atoms with Crippen molar-refractivity contribution >= 4 is 22.6 Å². The first kappa shape index (κ1) is 20.3. The topological polar surface area (TPSA) is 67.3 Å². The molecule has 0 bridgehead atoms. The number of aromatic amines is 1. The third kappa shape index (κ3) is 4.16. The van der Waals surface area contributed by atoms with Crippen LogP contribution in [0.25, 0.3) is 16.7 Å². The van der Waals surface area contributed by atoms with E-state index in [2.05, 4.69) is 9.72 Å². The van der Waals surface area contributed by atoms with Gasteiger partial charge in [-0.3, -0.25) is 14.2 Å². The van der Waals surface area contributed by atoms with Crippen molar-refractivity contribution in [2.24, 2.45) is 0 Å². The summed E-state index contributed by atoms with van der Waals surface area (Å²) in [7, 11) is 1.63. The molecule has 2 heterocycles. The molecule has 4 aromatic rings. The summed E-state index contributed by atoms with van der Waals surface area (Å²) in [6, 6.07) is 18.5. The van der Waals surface area contributed by atoms with Crippen molar-refractivity contribution in [3.63, 3.8) is 0 Å². The predicted octanol–water partition coefficient (Wildman–Crippen LogP) is 4.49. The fourth-order valence-corrected chi connectivity index (χ4v) is 3.24. The number of ether oxygens (including phenoxy) is 1. The van der Waals surface area contributed by atoms with Crippen LogP contribution < -0.4 is 15.2 Å². The molecule has 0 aliphatic heterocycles. The van der Waals surface area contributed by atoms with Gasteiger partial charge >= 0.3 is 6.36 Å². The van der Waals surface area contributed by atoms with Crippen LogP contribution in [0, 0.1) is 0 Å². The van der Waals surface area contributed by atoms with Gasteiger partial charge in [-0.15, -0.1) is 13.2 Å². The van der Waals surface area contributed by atoms with E-state index >= 15 is 0 Å². The number of hydrogen-bond donors (Lipinski definition) is 1. The van der Waals surface area contributed by atoms with Crippen LogP contribution in [0.3, 0.4) is 0 Å². The molecule has 0 saturated heterocycles. The first-order valence-corrected chi connectivity index (χ1v) is 9.17. The van der Waals surface area contributed by atoms with Crippen LogP contribution in [-0.2, 0) is 0 Å². The van der Waals surface area contributed by atoms with Crippen molar-refractivity contribution < 1.29 is 22.7 Å². The zero-order valence-electron chi connectivity index (χ0n) is 16.2. The summed E-state index contributed by atoms with van der Waals surface area (Å²) < 4.78 is 42.3. The lowest BCUT2D eigenvalue weighted by Crippen LogP contribution is -2.26. The number of H-pyrrole nitrogens is 1. The minimum Gasteiger partial charge on any atom is -0.406 e. The smallest absolute Gasteiger partial charge is 0.406 e. The Bertz CT molecular complexity index is 1290. The number of hydrogen-bond acceptors (Lipinski definition) is 3. The van der Waals surface area contributed by atoms with Crippen molar-refractivity contribution in [3.8, 4) is 11.4 Å². The van der Waals surface area contributed by atoms with Crippen LogP contribution >= 0.6 is 0 Å². The van der Waals surface area contributed by atoms with Gasteiger partial charge in [0.15, 0.2) is 0 Å². The van der Waals surface area contributed by atoms with Gasteiger partial charge in [0.05, 0.1) is 5.69 Å². The van der Waals surface area contributed by atoms with E-state index in [1.807, 2.05) is 18.2 Å². The number of fused-ring (bicyclic) bond motifs is 1. The highest BCUT2D eigenvalue weighted by Crippen LogP contribution is 2.25. The van der Waals surface area contributed by atoms with E-state index in [1.54, 1.807) is 31.3 Å². The average molecular weight is 427 g/mol. The van der Waals surface area contributed by atoms with Crippen molar-refractivity contribution in [1.82, 2.24) is 9.55 Å². The second-order valence-electron chi connectivity index (χ2n) is 6.74. The Labute approximate surface area is 174 Å². The number of nitrogens with zero attached hydrogens (tertiary/aromatic N) is 2. The van der Waals surface area contributed by atoms with Gasteiger partial charge in [0.2, 0.25) is 0 Å². The zero-order chi connectivity index (χ0) is 22.2. The minimum absolute atomic E-state index is 0.262. The Morgan fingerprint density at radius 3 is 2.32 bits per heavy atom. The van der Waals surface area contributed by atoms with Crippen LogP contribution in [-0.4, -0.2) is 28.9 Å². The number of anilines is 1. The molecule has 0 aliphatic carbocycles. The van der Waals surface area contributed by atoms with Gasteiger partial charge in [-0.1, -0.05) is 18.2 Å². The maximum atomic E-state index is 12.9. The monoisotopic (exact) mass is 427 g/mol. The van der Waals surface area contributed by atoms with Gasteiger partial charge in [-0.25, -0.2) is 0 Å². The standard InChI is InChI=1S/C22H16F3N3O3/c1-27(15-5-3-2-4-6-15)21(30)18-13-14-7-12-19(29)28(20(14)26-18)16-8-10-17(11-9-16)31-22(23,24)25/h2-13,26H,1H3. The van der Waals surface area contributed by atoms with E-state index in [0.717, 1.165) is 12.1 Å². The summed E-state index contributed by atoms with van der Waals surface area (Å²) in [4.78, 5) is 29.9. The highest BCUT2D eigenvalue weighted by atomic mass is 19.4. The van der Waals surface area contributed by atoms with E-state index in [-0.39, 0.29) is 11.6 Å². The van der Waals surface area contributed by atoms with Gasteiger partial charge in [0, 0.05) is 24.2 Å². The molecule has 0 spiro atoms. The summed E-state index contributed by atoms with van der Waals surface area (Å²) in [6.07, 6.45) is -4.81. The van der Waals surface area contributed by atoms with Crippen molar-refractivity contribution in [1.29, 1.82) is 0 Å². The third-order valence-corrected chi connectivity index (χ3v) is 4.68. The molecule has 158 valence electrons. The highest BCUT2D eigenvalue weighted by Gasteiger charge is 2.31. The van der Waals surface area contributed by atoms with Gasteiger partial charge in [0.25, 0.3) is 11.5 Å². The lowest BCUT2D eigenvalue weighted by Gasteiger charge is -2.16. The lowest BCUT2D eigenvalue weighted by atomic mass is 10.2. The molecule has 0 atom stereocenters. The fourth-order valence-electron chi connectivity index (χ4n) is 3.24. The Hall–Kier alpha value is -4.01. The maximum absolute atomic E-state index is 12.9. The first-order valence-electron chi connectivity index (χ1n) is 9.17. The number of carbonyl (C=O) groups is 1. The molecule has 2 aromatic heterocycles. The number of benzene rings is 2. The summed E-state index contributed by atoms with van der Waals surface area (Å²) in [6.45, 7) is 0. The quantitative estimate of drug-likeness (QED) is 0.522. The molecule has 6 nitrogen and oxygen atoms in total. The number of amides is 1. The Morgan fingerprint density at radius 2 is 1.68 bits per heavy atom. The van der Waals surface area contributed by atoms with E-state index in [0.29, 0.717) is 22.4 Å². The van der Waals surface area contributed by atoms with E-state index < -0.39 is 17.7 Å². The second kappa shape index (κ2) is 7.67. The second-order valence-corrected chi connectivity index (χ2v) is 6.74. The molecule has 0 radical (unpaired) electrons. The maximum Gasteiger partial charge on any atom is 0.573 e. The lowest BCUT2D eigenvalue weighted by molar-refractivity contribution is -0.274. The number of aromatic nitrogens is 2. The molecule has 2 aromatic carbocycles. The van der Waals surface area contributed by atoms with Crippen LogP contribution in [0.1, 0.15) is 10.5 Å². The molecule has 0 fully saturated rings. The number of alkyl halides is 3. The number of halogens is 3. The zero-order valence-corrected chi connectivity index (χ0v) is 16.2. The molecule has 1 amide bonds. The Balaban J connectivity index is 1.72. The normalized spacial score (nSPS) is 11.5. The highest BCUT2D eigenvalue weighted by molar-refractivity contribution is 6.07. The number of nitrogens with one attached hydrogen (secondary N) is 1. The van der Waals surface area contributed by atoms with Crippen LogP contribution in [0.5, 0.6) is 5.75 Å². The van der Waals surface area contributed by atoms with Crippen molar-refractivity contribution in [2.75, 3.05) is 11.9 Å². The van der Waals surface area contributed by atoms with Crippen LogP contribution in [0.15, 0.2) is 77.6 Å². The molecule has 31 heavy (non-hydrogen) atoms. The number of rotatable bonds is 4. The largest absolute Gasteiger partial charge is 0.573 e. The molecule has 4 rings (SSSR count). The summed E-state index contributed by atoms with van der Waals surface area (Å²) in [5, 5.41) is 0.597. The molecule has 0 saturated carbocycles. The van der Waals surface area contributed by atoms with E-state index in [1.165, 1.54) is 27.7 Å². The molecule has 1 N–H and O–H groups in total. The van der Waals surface area contributed by atoms with Crippen LogP contribution in [0.4, 0.5) is 18.9 Å². The van der Waals surface area contributed by atoms with E-state index in [4.69, 9.17) is 0 Å². The van der Waals surface area contributed by atoms with Crippen LogP contribution in [0.2, 0.25) is 0 Å². The van der Waals surface area contributed by atoms with Gasteiger partial charge in [-0.05, 0) is 48.5 Å². The van der Waals surface area contributed by atoms with Crippen molar-refractivity contribution in [3.05, 3.63) is 88.8 Å². The van der Waals surface area contributed by atoms with E-state index in [9.17, 15) is 22.8 Å². The summed E-state index contributed by atoms with van der Waals surface area (Å²) >= 11 is 0. The number of pyridine rings is 1. The predicted molar refractivity (Wildman–Crippen MR) is 110 cm³/mol.